The van der Waals surface area contributed by atoms with Gasteiger partial charge >= 0.3 is 0 Å². The molecule has 1 aromatic rings. The van der Waals surface area contributed by atoms with Gasteiger partial charge in [-0.1, -0.05) is 51.1 Å². The fraction of sp³-hybridized carbons (Fsp3) is 0.600. The quantitative estimate of drug-likeness (QED) is 0.820. The van der Waals surface area contributed by atoms with Gasteiger partial charge in [0.2, 0.25) is 0 Å². The van der Waals surface area contributed by atoms with E-state index in [4.69, 9.17) is 5.73 Å². The predicted molar refractivity (Wildman–Crippen MR) is 75.2 cm³/mol. The molecule has 0 bridgehead atoms. The number of likely N-dealkylation sites (N-methyl/N-ethyl adjacent to an activating group) is 1. The molecule has 0 aliphatic heterocycles. The van der Waals surface area contributed by atoms with E-state index < -0.39 is 0 Å². The molecule has 1 rings (SSSR count). The summed E-state index contributed by atoms with van der Waals surface area (Å²) in [6.45, 7) is 9.57. The molecular formula is C15H26N2. The maximum Gasteiger partial charge on any atom is 0.00448 e. The topological polar surface area (TPSA) is 29.3 Å². The molecule has 0 aromatic heterocycles. The van der Waals surface area contributed by atoms with Gasteiger partial charge in [0.1, 0.15) is 0 Å². The van der Waals surface area contributed by atoms with Crippen molar-refractivity contribution in [2.75, 3.05) is 26.7 Å². The molecule has 0 amide bonds. The maximum absolute atomic E-state index is 5.77. The van der Waals surface area contributed by atoms with Crippen LogP contribution in [0.3, 0.4) is 0 Å². The van der Waals surface area contributed by atoms with Gasteiger partial charge in [-0.2, -0.15) is 0 Å². The smallest absolute Gasteiger partial charge is 0.00448 e. The Balaban J connectivity index is 2.49. The van der Waals surface area contributed by atoms with Crippen LogP contribution in [0, 0.1) is 5.41 Å². The summed E-state index contributed by atoms with van der Waals surface area (Å²) in [5.41, 5.74) is 7.38. The number of hydrogen-bond donors (Lipinski definition) is 1. The number of rotatable bonds is 6. The molecule has 0 heterocycles. The Morgan fingerprint density at radius 2 is 1.82 bits per heavy atom. The zero-order valence-electron chi connectivity index (χ0n) is 11.6. The fourth-order valence-electron chi connectivity index (χ4n) is 2.21. The molecule has 0 aliphatic rings. The van der Waals surface area contributed by atoms with Crippen molar-refractivity contribution >= 4 is 0 Å². The molecule has 1 unspecified atom stereocenters. The van der Waals surface area contributed by atoms with Gasteiger partial charge in [0.15, 0.2) is 0 Å². The highest BCUT2D eigenvalue weighted by atomic mass is 15.1. The molecule has 1 aromatic carbocycles. The van der Waals surface area contributed by atoms with Crippen molar-refractivity contribution in [3.63, 3.8) is 0 Å². The highest BCUT2D eigenvalue weighted by molar-refractivity contribution is 5.18. The Morgan fingerprint density at radius 3 is 2.35 bits per heavy atom. The lowest BCUT2D eigenvalue weighted by atomic mass is 9.92. The van der Waals surface area contributed by atoms with Crippen molar-refractivity contribution in [1.29, 1.82) is 0 Å². The first-order valence-corrected chi connectivity index (χ1v) is 6.38. The number of hydrogen-bond acceptors (Lipinski definition) is 2. The summed E-state index contributed by atoms with van der Waals surface area (Å²) in [7, 11) is 2.18. The molecule has 0 spiro atoms. The Hall–Kier alpha value is -0.860. The van der Waals surface area contributed by atoms with Crippen LogP contribution in [0.1, 0.15) is 32.3 Å². The van der Waals surface area contributed by atoms with Gasteiger partial charge in [-0.3, -0.25) is 0 Å². The Kier molecular flexibility index (Phi) is 5.16. The molecule has 2 N–H and O–H groups in total. The largest absolute Gasteiger partial charge is 0.330 e. The molecule has 17 heavy (non-hydrogen) atoms. The summed E-state index contributed by atoms with van der Waals surface area (Å²) >= 11 is 0. The summed E-state index contributed by atoms with van der Waals surface area (Å²) in [6.07, 6.45) is 0. The minimum Gasteiger partial charge on any atom is -0.330 e. The standard InChI is InChI=1S/C15H26N2/c1-13(14-8-6-5-7-9-14)10-17(4)12-15(2,3)11-16/h5-9,13H,10-12,16H2,1-4H3. The third-order valence-electron chi connectivity index (χ3n) is 3.20. The second kappa shape index (κ2) is 6.18. The monoisotopic (exact) mass is 234 g/mol. The highest BCUT2D eigenvalue weighted by Crippen LogP contribution is 2.19. The van der Waals surface area contributed by atoms with Crippen molar-refractivity contribution in [3.8, 4) is 0 Å². The molecule has 96 valence electrons. The van der Waals surface area contributed by atoms with E-state index in [1.54, 1.807) is 0 Å². The van der Waals surface area contributed by atoms with Gasteiger partial charge in [-0.05, 0) is 30.5 Å². The van der Waals surface area contributed by atoms with Crippen LogP contribution >= 0.6 is 0 Å². The van der Waals surface area contributed by atoms with Crippen LogP contribution < -0.4 is 5.73 Å². The van der Waals surface area contributed by atoms with E-state index in [0.717, 1.165) is 19.6 Å². The molecule has 0 saturated heterocycles. The van der Waals surface area contributed by atoms with E-state index >= 15 is 0 Å². The van der Waals surface area contributed by atoms with E-state index in [9.17, 15) is 0 Å². The van der Waals surface area contributed by atoms with Gasteiger partial charge < -0.3 is 10.6 Å². The Morgan fingerprint density at radius 1 is 1.24 bits per heavy atom. The highest BCUT2D eigenvalue weighted by Gasteiger charge is 2.19. The maximum atomic E-state index is 5.77. The lowest BCUT2D eigenvalue weighted by Gasteiger charge is -2.30. The SMILES string of the molecule is CC(CN(C)CC(C)(C)CN)c1ccccc1. The average molecular weight is 234 g/mol. The van der Waals surface area contributed by atoms with E-state index in [1.807, 2.05) is 0 Å². The van der Waals surface area contributed by atoms with Crippen LogP contribution in [0.4, 0.5) is 0 Å². The summed E-state index contributed by atoms with van der Waals surface area (Å²) in [5.74, 6) is 0.565. The molecule has 0 saturated carbocycles. The van der Waals surface area contributed by atoms with Crippen molar-refractivity contribution in [2.45, 2.75) is 26.7 Å². The van der Waals surface area contributed by atoms with Crippen LogP contribution in [0.5, 0.6) is 0 Å². The van der Waals surface area contributed by atoms with Crippen LogP contribution in [-0.2, 0) is 0 Å². The minimum atomic E-state index is 0.200. The van der Waals surface area contributed by atoms with Gasteiger partial charge in [-0.25, -0.2) is 0 Å². The van der Waals surface area contributed by atoms with Gasteiger partial charge in [0.25, 0.3) is 0 Å². The normalized spacial score (nSPS) is 14.0. The van der Waals surface area contributed by atoms with Crippen LogP contribution in [0.15, 0.2) is 30.3 Å². The first kappa shape index (κ1) is 14.2. The summed E-state index contributed by atoms with van der Waals surface area (Å²) < 4.78 is 0. The van der Waals surface area contributed by atoms with E-state index in [-0.39, 0.29) is 5.41 Å². The molecule has 0 fully saturated rings. The van der Waals surface area contributed by atoms with Crippen molar-refractivity contribution < 1.29 is 0 Å². The van der Waals surface area contributed by atoms with Crippen molar-refractivity contribution in [3.05, 3.63) is 35.9 Å². The fourth-order valence-corrected chi connectivity index (χ4v) is 2.21. The van der Waals surface area contributed by atoms with E-state index in [1.165, 1.54) is 5.56 Å². The number of benzene rings is 1. The van der Waals surface area contributed by atoms with Crippen LogP contribution in [-0.4, -0.2) is 31.6 Å². The van der Waals surface area contributed by atoms with E-state index in [2.05, 4.69) is 63.1 Å². The summed E-state index contributed by atoms with van der Waals surface area (Å²) in [4.78, 5) is 2.38. The van der Waals surface area contributed by atoms with Crippen molar-refractivity contribution in [2.24, 2.45) is 11.1 Å². The first-order valence-electron chi connectivity index (χ1n) is 6.38. The van der Waals surface area contributed by atoms with E-state index in [0.29, 0.717) is 5.92 Å². The lowest BCUT2D eigenvalue weighted by molar-refractivity contribution is 0.209. The van der Waals surface area contributed by atoms with Crippen molar-refractivity contribution in [1.82, 2.24) is 4.90 Å². The van der Waals surface area contributed by atoms with Gasteiger partial charge in [-0.15, -0.1) is 0 Å². The molecular weight excluding hydrogens is 208 g/mol. The third-order valence-corrected chi connectivity index (χ3v) is 3.20. The second-order valence-electron chi connectivity index (χ2n) is 5.88. The molecule has 2 heteroatoms. The third kappa shape index (κ3) is 4.88. The lowest BCUT2D eigenvalue weighted by Crippen LogP contribution is -2.38. The van der Waals surface area contributed by atoms with Crippen LogP contribution in [0.25, 0.3) is 0 Å². The Bertz CT molecular complexity index is 319. The number of nitrogens with zero attached hydrogens (tertiary/aromatic N) is 1. The summed E-state index contributed by atoms with van der Waals surface area (Å²) in [5, 5.41) is 0. The molecule has 1 atom stereocenters. The van der Waals surface area contributed by atoms with Gasteiger partial charge in [0.05, 0.1) is 0 Å². The zero-order valence-corrected chi connectivity index (χ0v) is 11.6. The average Bonchev–Trinajstić information content (AvgIpc) is 2.29. The zero-order chi connectivity index (χ0) is 12.9. The molecule has 2 nitrogen and oxygen atoms in total. The van der Waals surface area contributed by atoms with Gasteiger partial charge in [0, 0.05) is 13.1 Å². The minimum absolute atomic E-state index is 0.200. The second-order valence-corrected chi connectivity index (χ2v) is 5.88. The van der Waals surface area contributed by atoms with Crippen LogP contribution in [0.2, 0.25) is 0 Å². The predicted octanol–water partition coefficient (Wildman–Crippen LogP) is 2.71. The summed E-state index contributed by atoms with van der Waals surface area (Å²) in [6, 6.07) is 10.7. The Labute approximate surface area is 106 Å². The molecule has 0 aliphatic carbocycles. The number of nitrogens with two attached hydrogens (primary N) is 1. The molecule has 0 radical (unpaired) electrons. The first-order chi connectivity index (χ1) is 7.94.